The molecule has 0 saturated heterocycles. The van der Waals surface area contributed by atoms with Crippen LogP contribution in [0.15, 0.2) is 0 Å². The van der Waals surface area contributed by atoms with Crippen molar-refractivity contribution in [3.63, 3.8) is 0 Å². The monoisotopic (exact) mass is 218 g/mol. The summed E-state index contributed by atoms with van der Waals surface area (Å²) >= 11 is 0. The molecular formula is C11H23O2P. The van der Waals surface area contributed by atoms with Crippen LogP contribution in [-0.4, -0.2) is 17.2 Å². The zero-order valence-electron chi connectivity index (χ0n) is 9.24. The summed E-state index contributed by atoms with van der Waals surface area (Å²) in [5.41, 5.74) is 0. The first-order valence-electron chi connectivity index (χ1n) is 5.96. The largest absolute Gasteiger partial charge is 0.350 e. The van der Waals surface area contributed by atoms with Gasteiger partial charge in [0.1, 0.15) is 0 Å². The minimum absolute atomic E-state index is 0.362. The molecule has 1 N–H and O–H groups in total. The van der Waals surface area contributed by atoms with Crippen molar-refractivity contribution in [2.75, 3.05) is 6.16 Å². The summed E-state index contributed by atoms with van der Waals surface area (Å²) in [7, 11) is -1.12. The lowest BCUT2D eigenvalue weighted by atomic mass is 9.98. The second-order valence-electron chi connectivity index (χ2n) is 4.15. The smallest absolute Gasteiger partial charge is 0.167 e. The van der Waals surface area contributed by atoms with Gasteiger partial charge in [-0.1, -0.05) is 39.0 Å². The molecule has 0 aromatic rings. The Labute approximate surface area is 89.0 Å². The van der Waals surface area contributed by atoms with Gasteiger partial charge >= 0.3 is 0 Å². The van der Waals surface area contributed by atoms with Crippen LogP contribution in [0, 0.1) is 0 Å². The minimum atomic E-state index is -1.12. The van der Waals surface area contributed by atoms with Gasteiger partial charge in [0.05, 0.1) is 6.10 Å². The van der Waals surface area contributed by atoms with E-state index >= 15 is 0 Å². The van der Waals surface area contributed by atoms with Crippen molar-refractivity contribution >= 4 is 8.38 Å². The molecule has 84 valence electrons. The van der Waals surface area contributed by atoms with Crippen molar-refractivity contribution in [3.05, 3.63) is 0 Å². The van der Waals surface area contributed by atoms with Gasteiger partial charge in [-0.25, -0.2) is 0 Å². The number of hydrogen-bond acceptors (Lipinski definition) is 2. The quantitative estimate of drug-likeness (QED) is 0.542. The van der Waals surface area contributed by atoms with Crippen LogP contribution in [0.25, 0.3) is 0 Å². The fourth-order valence-electron chi connectivity index (χ4n) is 1.89. The molecule has 1 aliphatic carbocycles. The first-order chi connectivity index (χ1) is 6.83. The highest BCUT2D eigenvalue weighted by molar-refractivity contribution is 7.46. The van der Waals surface area contributed by atoms with Crippen molar-refractivity contribution in [2.45, 2.75) is 64.4 Å². The average molecular weight is 218 g/mol. The molecule has 1 rings (SSSR count). The van der Waals surface area contributed by atoms with Crippen molar-refractivity contribution in [1.82, 2.24) is 0 Å². The molecule has 14 heavy (non-hydrogen) atoms. The van der Waals surface area contributed by atoms with Crippen LogP contribution in [0.5, 0.6) is 0 Å². The lowest BCUT2D eigenvalue weighted by molar-refractivity contribution is 0.156. The van der Waals surface area contributed by atoms with Gasteiger partial charge in [-0.3, -0.25) is 0 Å². The van der Waals surface area contributed by atoms with Crippen LogP contribution in [-0.2, 0) is 4.52 Å². The Balaban J connectivity index is 2.03. The highest BCUT2D eigenvalue weighted by atomic mass is 31.2. The van der Waals surface area contributed by atoms with Crippen molar-refractivity contribution in [1.29, 1.82) is 0 Å². The van der Waals surface area contributed by atoms with Gasteiger partial charge in [-0.05, 0) is 19.3 Å². The van der Waals surface area contributed by atoms with E-state index in [4.69, 9.17) is 4.52 Å². The van der Waals surface area contributed by atoms with E-state index in [-0.39, 0.29) is 0 Å². The Bertz CT molecular complexity index is 135. The lowest BCUT2D eigenvalue weighted by Gasteiger charge is -2.24. The molecule has 1 unspecified atom stereocenters. The Kier molecular flexibility index (Phi) is 6.76. The zero-order valence-corrected chi connectivity index (χ0v) is 10.1. The van der Waals surface area contributed by atoms with Crippen LogP contribution >= 0.6 is 8.38 Å². The Hall–Kier alpha value is 0.350. The summed E-state index contributed by atoms with van der Waals surface area (Å²) in [6.07, 6.45) is 11.0. The molecule has 0 radical (unpaired) electrons. The van der Waals surface area contributed by atoms with E-state index in [2.05, 4.69) is 6.92 Å². The molecule has 2 nitrogen and oxygen atoms in total. The van der Waals surface area contributed by atoms with Gasteiger partial charge in [0.2, 0.25) is 0 Å². The maximum atomic E-state index is 9.67. The van der Waals surface area contributed by atoms with Gasteiger partial charge < -0.3 is 9.42 Å². The van der Waals surface area contributed by atoms with E-state index in [0.717, 1.165) is 25.4 Å². The van der Waals surface area contributed by atoms with E-state index in [0.29, 0.717) is 6.10 Å². The third-order valence-electron chi connectivity index (χ3n) is 2.78. The highest BCUT2D eigenvalue weighted by Gasteiger charge is 2.17. The molecule has 0 bridgehead atoms. The molecular weight excluding hydrogens is 195 g/mol. The topological polar surface area (TPSA) is 29.5 Å². The van der Waals surface area contributed by atoms with Gasteiger partial charge in [0.15, 0.2) is 8.38 Å². The SMILES string of the molecule is CCCCCP(O)OC1CCCCC1. The maximum Gasteiger partial charge on any atom is 0.167 e. The Morgan fingerprint density at radius 1 is 1.21 bits per heavy atom. The summed E-state index contributed by atoms with van der Waals surface area (Å²) in [5.74, 6) is 0. The fraction of sp³-hybridized carbons (Fsp3) is 1.00. The lowest BCUT2D eigenvalue weighted by Crippen LogP contribution is -2.14. The van der Waals surface area contributed by atoms with E-state index in [1.165, 1.54) is 32.1 Å². The van der Waals surface area contributed by atoms with Crippen LogP contribution in [0.3, 0.4) is 0 Å². The molecule has 1 aliphatic rings. The predicted octanol–water partition coefficient (Wildman–Crippen LogP) is 3.83. The molecule has 0 heterocycles. The first kappa shape index (κ1) is 12.4. The van der Waals surface area contributed by atoms with E-state index in [1.807, 2.05) is 0 Å². The second-order valence-corrected chi connectivity index (χ2v) is 5.51. The van der Waals surface area contributed by atoms with Gasteiger partial charge in [-0.2, -0.15) is 0 Å². The van der Waals surface area contributed by atoms with Gasteiger partial charge in [0, 0.05) is 6.16 Å². The van der Waals surface area contributed by atoms with Crippen molar-refractivity contribution in [3.8, 4) is 0 Å². The number of rotatable bonds is 6. The molecule has 3 heteroatoms. The molecule has 0 aromatic carbocycles. The van der Waals surface area contributed by atoms with Crippen molar-refractivity contribution < 1.29 is 9.42 Å². The average Bonchev–Trinajstić information content (AvgIpc) is 2.20. The Morgan fingerprint density at radius 2 is 1.93 bits per heavy atom. The summed E-state index contributed by atoms with van der Waals surface area (Å²) in [6, 6.07) is 0. The normalized spacial score (nSPS) is 21.0. The molecule has 0 aromatic heterocycles. The minimum Gasteiger partial charge on any atom is -0.350 e. The standard InChI is InChI=1S/C11H23O2P/c1-2-3-7-10-14(12)13-11-8-5-4-6-9-11/h11-12H,2-10H2,1H3. The van der Waals surface area contributed by atoms with Crippen LogP contribution in [0.2, 0.25) is 0 Å². The summed E-state index contributed by atoms with van der Waals surface area (Å²) in [5, 5.41) is 0. The molecule has 1 fully saturated rings. The maximum absolute atomic E-state index is 9.67. The molecule has 0 amide bonds. The van der Waals surface area contributed by atoms with Crippen LogP contribution in [0.4, 0.5) is 0 Å². The molecule has 1 atom stereocenters. The van der Waals surface area contributed by atoms with Crippen molar-refractivity contribution in [2.24, 2.45) is 0 Å². The third-order valence-corrected chi connectivity index (χ3v) is 4.02. The summed E-state index contributed by atoms with van der Waals surface area (Å²) in [6.45, 7) is 2.18. The first-order valence-corrected chi connectivity index (χ1v) is 7.36. The molecule has 0 spiro atoms. The van der Waals surface area contributed by atoms with E-state index in [1.54, 1.807) is 0 Å². The predicted molar refractivity (Wildman–Crippen MR) is 61.5 cm³/mol. The van der Waals surface area contributed by atoms with Gasteiger partial charge in [0.25, 0.3) is 0 Å². The summed E-state index contributed by atoms with van der Waals surface area (Å²) in [4.78, 5) is 9.67. The van der Waals surface area contributed by atoms with Crippen LogP contribution < -0.4 is 0 Å². The molecule has 0 aliphatic heterocycles. The van der Waals surface area contributed by atoms with Gasteiger partial charge in [-0.15, -0.1) is 0 Å². The molecule has 1 saturated carbocycles. The fourth-order valence-corrected chi connectivity index (χ4v) is 3.05. The van der Waals surface area contributed by atoms with Crippen LogP contribution in [0.1, 0.15) is 58.3 Å². The van der Waals surface area contributed by atoms with E-state index in [9.17, 15) is 4.89 Å². The Morgan fingerprint density at radius 3 is 2.57 bits per heavy atom. The summed E-state index contributed by atoms with van der Waals surface area (Å²) < 4.78 is 5.66. The highest BCUT2D eigenvalue weighted by Crippen LogP contribution is 2.38. The number of unbranched alkanes of at least 4 members (excludes halogenated alkanes) is 2. The van der Waals surface area contributed by atoms with E-state index < -0.39 is 8.38 Å². The second kappa shape index (κ2) is 7.62. The number of hydrogen-bond donors (Lipinski definition) is 1. The zero-order chi connectivity index (χ0) is 10.2. The third kappa shape index (κ3) is 5.29.